The van der Waals surface area contributed by atoms with E-state index in [0.29, 0.717) is 0 Å². The second-order valence-corrected chi connectivity index (χ2v) is 4.62. The Bertz CT molecular complexity index is 173. The maximum Gasteiger partial charge on any atom is 0.320 e. The van der Waals surface area contributed by atoms with Crippen LogP contribution >= 0.6 is 0 Å². The van der Waals surface area contributed by atoms with Crippen LogP contribution in [0.1, 0.15) is 65.2 Å². The van der Waals surface area contributed by atoms with Crippen molar-refractivity contribution in [2.24, 2.45) is 11.7 Å². The number of carboxylic acids is 1. The van der Waals surface area contributed by atoms with Crippen LogP contribution in [0.5, 0.6) is 0 Å². The van der Waals surface area contributed by atoms with Crippen LogP contribution in [0.3, 0.4) is 0 Å². The van der Waals surface area contributed by atoms with E-state index < -0.39 is 12.0 Å². The molecular formula is C13H27NO2. The zero-order valence-electron chi connectivity index (χ0n) is 10.7. The molecule has 0 spiro atoms. The van der Waals surface area contributed by atoms with E-state index >= 15 is 0 Å². The minimum Gasteiger partial charge on any atom is -0.480 e. The van der Waals surface area contributed by atoms with Gasteiger partial charge in [-0.3, -0.25) is 4.79 Å². The monoisotopic (exact) mass is 229 g/mol. The first-order valence-corrected chi connectivity index (χ1v) is 6.61. The standard InChI is InChI=1S/C13H27NO2/c1-3-5-7-9-11(10-8-6-4-2)12(14)13(15)16/h11-12H,3-10,14H2,1-2H3,(H,15,16)/t12-/m0/s1. The summed E-state index contributed by atoms with van der Waals surface area (Å²) in [6.45, 7) is 4.31. The van der Waals surface area contributed by atoms with Gasteiger partial charge in [0.15, 0.2) is 0 Å². The molecule has 0 heterocycles. The minimum atomic E-state index is -0.849. The normalized spacial score (nSPS) is 13.0. The van der Waals surface area contributed by atoms with E-state index in [9.17, 15) is 4.79 Å². The number of hydrogen-bond donors (Lipinski definition) is 2. The third kappa shape index (κ3) is 6.83. The molecule has 3 heteroatoms. The Morgan fingerprint density at radius 3 is 1.81 bits per heavy atom. The molecule has 0 saturated heterocycles. The highest BCUT2D eigenvalue weighted by Gasteiger charge is 2.22. The molecule has 16 heavy (non-hydrogen) atoms. The van der Waals surface area contributed by atoms with Crippen molar-refractivity contribution in [1.29, 1.82) is 0 Å². The molecule has 0 aromatic heterocycles. The Labute approximate surface area is 99.4 Å². The Balaban J connectivity index is 3.99. The Morgan fingerprint density at radius 1 is 1.06 bits per heavy atom. The highest BCUT2D eigenvalue weighted by Crippen LogP contribution is 2.20. The first-order chi connectivity index (χ1) is 7.63. The number of aliphatic carboxylic acids is 1. The second kappa shape index (κ2) is 9.64. The minimum absolute atomic E-state index is 0.163. The zero-order valence-corrected chi connectivity index (χ0v) is 10.7. The fourth-order valence-electron chi connectivity index (χ4n) is 2.02. The Hall–Kier alpha value is -0.570. The molecule has 0 aromatic carbocycles. The van der Waals surface area contributed by atoms with E-state index in [4.69, 9.17) is 10.8 Å². The van der Waals surface area contributed by atoms with Gasteiger partial charge in [-0.25, -0.2) is 0 Å². The molecule has 0 saturated carbocycles. The van der Waals surface area contributed by atoms with Crippen LogP contribution in [0.4, 0.5) is 0 Å². The summed E-state index contributed by atoms with van der Waals surface area (Å²) in [5.74, 6) is -0.686. The molecule has 0 amide bonds. The molecule has 96 valence electrons. The number of hydrogen-bond acceptors (Lipinski definition) is 2. The van der Waals surface area contributed by atoms with Gasteiger partial charge in [0.2, 0.25) is 0 Å². The highest BCUT2D eigenvalue weighted by atomic mass is 16.4. The van der Waals surface area contributed by atoms with Gasteiger partial charge < -0.3 is 10.8 Å². The summed E-state index contributed by atoms with van der Waals surface area (Å²) in [6.07, 6.45) is 8.83. The maximum atomic E-state index is 10.9. The van der Waals surface area contributed by atoms with Crippen molar-refractivity contribution in [1.82, 2.24) is 0 Å². The SMILES string of the molecule is CCCCCC(CCCCC)[C@H](N)C(=O)O. The molecule has 0 bridgehead atoms. The molecule has 0 aliphatic rings. The molecule has 3 N–H and O–H groups in total. The second-order valence-electron chi connectivity index (χ2n) is 4.62. The summed E-state index contributed by atoms with van der Waals surface area (Å²) >= 11 is 0. The predicted molar refractivity (Wildman–Crippen MR) is 67.4 cm³/mol. The van der Waals surface area contributed by atoms with E-state index in [1.165, 1.54) is 25.7 Å². The quantitative estimate of drug-likeness (QED) is 0.565. The van der Waals surface area contributed by atoms with Gasteiger partial charge in [0.05, 0.1) is 0 Å². The summed E-state index contributed by atoms with van der Waals surface area (Å²) in [6, 6.07) is -0.672. The molecule has 0 aromatic rings. The number of nitrogens with two attached hydrogens (primary N) is 1. The van der Waals surface area contributed by atoms with E-state index in [0.717, 1.165) is 25.7 Å². The molecule has 0 radical (unpaired) electrons. The first kappa shape index (κ1) is 15.4. The Morgan fingerprint density at radius 2 is 1.50 bits per heavy atom. The predicted octanol–water partition coefficient (Wildman–Crippen LogP) is 3.18. The van der Waals surface area contributed by atoms with E-state index in [-0.39, 0.29) is 5.92 Å². The van der Waals surface area contributed by atoms with Crippen LogP contribution in [0.25, 0.3) is 0 Å². The summed E-state index contributed by atoms with van der Waals surface area (Å²) in [5.41, 5.74) is 5.73. The van der Waals surface area contributed by atoms with Crippen molar-refractivity contribution in [2.45, 2.75) is 71.3 Å². The molecular weight excluding hydrogens is 202 g/mol. The molecule has 0 unspecified atom stereocenters. The fourth-order valence-corrected chi connectivity index (χ4v) is 2.02. The molecule has 0 aliphatic carbocycles. The largest absolute Gasteiger partial charge is 0.480 e. The first-order valence-electron chi connectivity index (χ1n) is 6.61. The number of rotatable bonds is 10. The lowest BCUT2D eigenvalue weighted by atomic mass is 9.89. The van der Waals surface area contributed by atoms with Gasteiger partial charge >= 0.3 is 5.97 Å². The lowest BCUT2D eigenvalue weighted by Gasteiger charge is -2.20. The summed E-state index contributed by atoms with van der Waals surface area (Å²) in [5, 5.41) is 8.94. The average Bonchev–Trinajstić information content (AvgIpc) is 2.26. The van der Waals surface area contributed by atoms with Crippen molar-refractivity contribution >= 4 is 5.97 Å². The van der Waals surface area contributed by atoms with Crippen LogP contribution in [-0.2, 0) is 4.79 Å². The number of carbonyl (C=O) groups is 1. The van der Waals surface area contributed by atoms with E-state index in [2.05, 4.69) is 13.8 Å². The summed E-state index contributed by atoms with van der Waals surface area (Å²) < 4.78 is 0. The van der Waals surface area contributed by atoms with Gasteiger partial charge in [0, 0.05) is 0 Å². The third-order valence-electron chi connectivity index (χ3n) is 3.15. The number of carboxylic acid groups (broad SMARTS) is 1. The molecule has 0 rings (SSSR count). The lowest BCUT2D eigenvalue weighted by Crippen LogP contribution is -2.38. The van der Waals surface area contributed by atoms with Gasteiger partial charge in [-0.2, -0.15) is 0 Å². The van der Waals surface area contributed by atoms with Crippen molar-refractivity contribution in [3.8, 4) is 0 Å². The number of unbranched alkanes of at least 4 members (excludes halogenated alkanes) is 4. The zero-order chi connectivity index (χ0) is 12.4. The van der Waals surface area contributed by atoms with E-state index in [1.807, 2.05) is 0 Å². The van der Waals surface area contributed by atoms with Crippen LogP contribution in [-0.4, -0.2) is 17.1 Å². The average molecular weight is 229 g/mol. The van der Waals surface area contributed by atoms with Gasteiger partial charge in [-0.1, -0.05) is 52.4 Å². The lowest BCUT2D eigenvalue weighted by molar-refractivity contribution is -0.140. The molecule has 3 nitrogen and oxygen atoms in total. The van der Waals surface area contributed by atoms with Gasteiger partial charge in [-0.05, 0) is 18.8 Å². The van der Waals surface area contributed by atoms with Gasteiger partial charge in [0.25, 0.3) is 0 Å². The van der Waals surface area contributed by atoms with E-state index in [1.54, 1.807) is 0 Å². The maximum absolute atomic E-state index is 10.9. The third-order valence-corrected chi connectivity index (χ3v) is 3.15. The van der Waals surface area contributed by atoms with Crippen molar-refractivity contribution in [2.75, 3.05) is 0 Å². The highest BCUT2D eigenvalue weighted by molar-refractivity contribution is 5.73. The van der Waals surface area contributed by atoms with Gasteiger partial charge in [0.1, 0.15) is 6.04 Å². The van der Waals surface area contributed by atoms with Crippen molar-refractivity contribution in [3.05, 3.63) is 0 Å². The Kier molecular flexibility index (Phi) is 9.30. The van der Waals surface area contributed by atoms with Crippen molar-refractivity contribution < 1.29 is 9.90 Å². The smallest absolute Gasteiger partial charge is 0.320 e. The van der Waals surface area contributed by atoms with Crippen molar-refractivity contribution in [3.63, 3.8) is 0 Å². The summed E-state index contributed by atoms with van der Waals surface area (Å²) in [4.78, 5) is 10.9. The fraction of sp³-hybridized carbons (Fsp3) is 0.923. The van der Waals surface area contributed by atoms with Crippen LogP contribution in [0, 0.1) is 5.92 Å². The topological polar surface area (TPSA) is 63.3 Å². The molecule has 0 aliphatic heterocycles. The van der Waals surface area contributed by atoms with Crippen LogP contribution in [0.2, 0.25) is 0 Å². The summed E-state index contributed by atoms with van der Waals surface area (Å²) in [7, 11) is 0. The molecule has 0 fully saturated rings. The molecule has 1 atom stereocenters. The van der Waals surface area contributed by atoms with Crippen LogP contribution < -0.4 is 5.73 Å². The van der Waals surface area contributed by atoms with Crippen LogP contribution in [0.15, 0.2) is 0 Å². The van der Waals surface area contributed by atoms with Gasteiger partial charge in [-0.15, -0.1) is 0 Å².